The Hall–Kier alpha value is -2.85. The number of carbonyl (C=O) groups excluding carboxylic acids is 1. The molecule has 1 amide bonds. The third kappa shape index (κ3) is 7.41. The number of rotatable bonds is 9. The standard InChI is InChI=1S/C21H20F3N3O3S/c1-14-26-19(27-30-14)12-31-18-5-3-2-4-17(18)20(28)25-10-15-6-8-16(9-7-15)11-29-13-21(22,23)24/h2-9H,10-13H2,1H3,(H,25,28). The van der Waals surface area contributed by atoms with Gasteiger partial charge in [-0.1, -0.05) is 41.6 Å². The summed E-state index contributed by atoms with van der Waals surface area (Å²) in [6, 6.07) is 14.1. The topological polar surface area (TPSA) is 77.2 Å². The van der Waals surface area contributed by atoms with Crippen molar-refractivity contribution in [3.63, 3.8) is 0 Å². The number of hydrogen-bond donors (Lipinski definition) is 1. The van der Waals surface area contributed by atoms with Crippen LogP contribution in [-0.2, 0) is 23.6 Å². The number of aryl methyl sites for hydroxylation is 1. The number of aromatic nitrogens is 2. The summed E-state index contributed by atoms with van der Waals surface area (Å²) >= 11 is 1.43. The van der Waals surface area contributed by atoms with Crippen molar-refractivity contribution >= 4 is 17.7 Å². The molecule has 10 heteroatoms. The minimum Gasteiger partial charge on any atom is -0.367 e. The van der Waals surface area contributed by atoms with E-state index < -0.39 is 12.8 Å². The summed E-state index contributed by atoms with van der Waals surface area (Å²) in [5, 5.41) is 6.71. The summed E-state index contributed by atoms with van der Waals surface area (Å²) in [4.78, 5) is 17.6. The highest BCUT2D eigenvalue weighted by Gasteiger charge is 2.27. The van der Waals surface area contributed by atoms with Gasteiger partial charge in [-0.2, -0.15) is 18.2 Å². The molecule has 164 valence electrons. The van der Waals surface area contributed by atoms with E-state index in [2.05, 4.69) is 20.2 Å². The van der Waals surface area contributed by atoms with Crippen molar-refractivity contribution in [2.45, 2.75) is 36.9 Å². The lowest BCUT2D eigenvalue weighted by molar-refractivity contribution is -0.176. The monoisotopic (exact) mass is 451 g/mol. The number of nitrogens with one attached hydrogen (secondary N) is 1. The predicted octanol–water partition coefficient (Wildman–Crippen LogP) is 4.68. The Balaban J connectivity index is 1.52. The molecule has 0 saturated carbocycles. The zero-order valence-electron chi connectivity index (χ0n) is 16.6. The number of amides is 1. The van der Waals surface area contributed by atoms with Crippen LogP contribution in [0, 0.1) is 6.92 Å². The molecule has 6 nitrogen and oxygen atoms in total. The average molecular weight is 451 g/mol. The molecule has 1 heterocycles. The van der Waals surface area contributed by atoms with E-state index in [1.54, 1.807) is 43.3 Å². The Bertz CT molecular complexity index is 1010. The first-order valence-corrected chi connectivity index (χ1v) is 10.3. The normalized spacial score (nSPS) is 11.5. The number of ether oxygens (including phenoxy) is 1. The first-order valence-electron chi connectivity index (χ1n) is 9.32. The molecule has 3 aromatic rings. The number of alkyl halides is 3. The van der Waals surface area contributed by atoms with E-state index in [1.165, 1.54) is 11.8 Å². The first kappa shape index (κ1) is 22.8. The number of nitrogens with zero attached hydrogens (tertiary/aromatic N) is 2. The first-order chi connectivity index (χ1) is 14.8. The highest BCUT2D eigenvalue weighted by Crippen LogP contribution is 2.25. The summed E-state index contributed by atoms with van der Waals surface area (Å²) in [6.45, 7) is 0.585. The van der Waals surface area contributed by atoms with Gasteiger partial charge in [-0.25, -0.2) is 0 Å². The van der Waals surface area contributed by atoms with Gasteiger partial charge in [-0.15, -0.1) is 11.8 Å². The third-order valence-electron chi connectivity index (χ3n) is 4.07. The molecule has 0 fully saturated rings. The molecule has 2 aromatic carbocycles. The maximum absolute atomic E-state index is 12.7. The zero-order chi connectivity index (χ0) is 22.3. The lowest BCUT2D eigenvalue weighted by Crippen LogP contribution is -2.23. The fourth-order valence-electron chi connectivity index (χ4n) is 2.64. The van der Waals surface area contributed by atoms with E-state index >= 15 is 0 Å². The predicted molar refractivity (Wildman–Crippen MR) is 108 cm³/mol. The number of thioether (sulfide) groups is 1. The van der Waals surface area contributed by atoms with Crippen molar-refractivity contribution in [2.24, 2.45) is 0 Å². The molecule has 0 radical (unpaired) electrons. The van der Waals surface area contributed by atoms with Crippen molar-refractivity contribution in [3.05, 3.63) is 76.9 Å². The van der Waals surface area contributed by atoms with Crippen molar-refractivity contribution in [3.8, 4) is 0 Å². The van der Waals surface area contributed by atoms with Crippen LogP contribution in [0.2, 0.25) is 0 Å². The van der Waals surface area contributed by atoms with Crippen molar-refractivity contribution < 1.29 is 27.2 Å². The second kappa shape index (κ2) is 10.5. The molecule has 0 unspecified atom stereocenters. The lowest BCUT2D eigenvalue weighted by Gasteiger charge is -2.10. The molecular formula is C21H20F3N3O3S. The number of carbonyl (C=O) groups is 1. The number of halogens is 3. The molecule has 0 bridgehead atoms. The van der Waals surface area contributed by atoms with Gasteiger partial charge < -0.3 is 14.6 Å². The van der Waals surface area contributed by atoms with Crippen LogP contribution in [0.15, 0.2) is 57.9 Å². The van der Waals surface area contributed by atoms with E-state index in [4.69, 9.17) is 4.52 Å². The van der Waals surface area contributed by atoms with Gasteiger partial charge in [-0.3, -0.25) is 4.79 Å². The molecule has 1 aromatic heterocycles. The summed E-state index contributed by atoms with van der Waals surface area (Å²) in [7, 11) is 0. The van der Waals surface area contributed by atoms with Gasteiger partial charge >= 0.3 is 6.18 Å². The quantitative estimate of drug-likeness (QED) is 0.476. The van der Waals surface area contributed by atoms with Gasteiger partial charge in [0.1, 0.15) is 6.61 Å². The Morgan fingerprint density at radius 2 is 1.84 bits per heavy atom. The van der Waals surface area contributed by atoms with Crippen molar-refractivity contribution in [1.82, 2.24) is 15.5 Å². The number of benzene rings is 2. The number of hydrogen-bond acceptors (Lipinski definition) is 6. The Morgan fingerprint density at radius 3 is 2.52 bits per heavy atom. The maximum Gasteiger partial charge on any atom is 0.411 e. The van der Waals surface area contributed by atoms with Gasteiger partial charge in [-0.05, 0) is 23.3 Å². The van der Waals surface area contributed by atoms with Crippen LogP contribution in [-0.4, -0.2) is 28.8 Å². The molecule has 1 N–H and O–H groups in total. The fraction of sp³-hybridized carbons (Fsp3) is 0.286. The van der Waals surface area contributed by atoms with Gasteiger partial charge in [0.2, 0.25) is 5.89 Å². The third-order valence-corrected chi connectivity index (χ3v) is 5.14. The fourth-order valence-corrected chi connectivity index (χ4v) is 3.53. The minimum absolute atomic E-state index is 0.128. The van der Waals surface area contributed by atoms with Crippen molar-refractivity contribution in [1.29, 1.82) is 0 Å². The van der Waals surface area contributed by atoms with E-state index in [0.29, 0.717) is 28.6 Å². The van der Waals surface area contributed by atoms with E-state index in [1.807, 2.05) is 12.1 Å². The molecule has 31 heavy (non-hydrogen) atoms. The molecule has 3 rings (SSSR count). The van der Waals surface area contributed by atoms with Crippen LogP contribution in [0.5, 0.6) is 0 Å². The Morgan fingerprint density at radius 1 is 1.13 bits per heavy atom. The molecule has 0 aliphatic carbocycles. The van der Waals surface area contributed by atoms with Crippen LogP contribution in [0.4, 0.5) is 13.2 Å². The summed E-state index contributed by atoms with van der Waals surface area (Å²) in [6.07, 6.45) is -4.34. The van der Waals surface area contributed by atoms with Gasteiger partial charge in [0.05, 0.1) is 17.9 Å². The summed E-state index contributed by atoms with van der Waals surface area (Å²) < 4.78 is 46.0. The molecule has 0 aliphatic rings. The van der Waals surface area contributed by atoms with E-state index in [-0.39, 0.29) is 19.1 Å². The Kier molecular flexibility index (Phi) is 7.69. The second-order valence-corrected chi connectivity index (χ2v) is 7.64. The summed E-state index contributed by atoms with van der Waals surface area (Å²) in [5.41, 5.74) is 1.97. The summed E-state index contributed by atoms with van der Waals surface area (Å²) in [5.74, 6) is 1.28. The lowest BCUT2D eigenvalue weighted by atomic mass is 10.1. The van der Waals surface area contributed by atoms with Crippen LogP contribution < -0.4 is 5.32 Å². The largest absolute Gasteiger partial charge is 0.411 e. The van der Waals surface area contributed by atoms with Gasteiger partial charge in [0.15, 0.2) is 5.82 Å². The van der Waals surface area contributed by atoms with E-state index in [0.717, 1.165) is 10.5 Å². The smallest absolute Gasteiger partial charge is 0.367 e. The van der Waals surface area contributed by atoms with Gasteiger partial charge in [0.25, 0.3) is 5.91 Å². The minimum atomic E-state index is -4.34. The van der Waals surface area contributed by atoms with Crippen LogP contribution in [0.1, 0.15) is 33.2 Å². The van der Waals surface area contributed by atoms with Crippen LogP contribution >= 0.6 is 11.8 Å². The van der Waals surface area contributed by atoms with Crippen LogP contribution in [0.3, 0.4) is 0 Å². The molecule has 0 spiro atoms. The molecule has 0 saturated heterocycles. The second-order valence-electron chi connectivity index (χ2n) is 6.62. The average Bonchev–Trinajstić information content (AvgIpc) is 3.16. The highest BCUT2D eigenvalue weighted by atomic mass is 32.2. The maximum atomic E-state index is 12.7. The Labute approximate surface area is 181 Å². The molecule has 0 atom stereocenters. The van der Waals surface area contributed by atoms with Crippen LogP contribution in [0.25, 0.3) is 0 Å². The van der Waals surface area contributed by atoms with Crippen molar-refractivity contribution in [2.75, 3.05) is 6.61 Å². The van der Waals surface area contributed by atoms with Gasteiger partial charge in [0, 0.05) is 18.4 Å². The zero-order valence-corrected chi connectivity index (χ0v) is 17.4. The molecular weight excluding hydrogens is 431 g/mol. The SMILES string of the molecule is Cc1nc(CSc2ccccc2C(=O)NCc2ccc(COCC(F)(F)F)cc2)no1. The molecule has 0 aliphatic heterocycles. The van der Waals surface area contributed by atoms with E-state index in [9.17, 15) is 18.0 Å². The highest BCUT2D eigenvalue weighted by molar-refractivity contribution is 7.98.